The summed E-state index contributed by atoms with van der Waals surface area (Å²) in [7, 11) is 1.86. The summed E-state index contributed by atoms with van der Waals surface area (Å²) >= 11 is 6.31. The van der Waals surface area contributed by atoms with Crippen LogP contribution in [0.2, 0.25) is 5.02 Å². The SMILES string of the molecule is CC(=O)N[C@H]1C[C@@H](C2CCCCC2)O[C@@H](c2nn(C)cc2Cl)C1. The van der Waals surface area contributed by atoms with Gasteiger partial charge in [-0.05, 0) is 31.6 Å². The van der Waals surface area contributed by atoms with Crippen LogP contribution in [0.15, 0.2) is 6.20 Å². The molecule has 3 atom stereocenters. The molecule has 0 radical (unpaired) electrons. The number of carbonyl (C=O) groups excluding carboxylic acids is 1. The lowest BCUT2D eigenvalue weighted by molar-refractivity contribution is -0.124. The van der Waals surface area contributed by atoms with Crippen LogP contribution < -0.4 is 5.32 Å². The van der Waals surface area contributed by atoms with Crippen LogP contribution in [-0.4, -0.2) is 27.8 Å². The lowest BCUT2D eigenvalue weighted by Crippen LogP contribution is -2.45. The number of aryl methyl sites for hydroxylation is 1. The van der Waals surface area contributed by atoms with Crippen molar-refractivity contribution in [3.05, 3.63) is 16.9 Å². The van der Waals surface area contributed by atoms with E-state index in [9.17, 15) is 4.79 Å². The summed E-state index contributed by atoms with van der Waals surface area (Å²) in [4.78, 5) is 11.5. The molecule has 1 aliphatic heterocycles. The fourth-order valence-electron chi connectivity index (χ4n) is 4.04. The Bertz CT molecular complexity index is 554. The van der Waals surface area contributed by atoms with Gasteiger partial charge in [0, 0.05) is 26.2 Å². The smallest absolute Gasteiger partial charge is 0.217 e. The van der Waals surface area contributed by atoms with Gasteiger partial charge >= 0.3 is 0 Å². The topological polar surface area (TPSA) is 56.1 Å². The normalized spacial score (nSPS) is 29.4. The molecule has 3 rings (SSSR count). The summed E-state index contributed by atoms with van der Waals surface area (Å²) in [5.41, 5.74) is 0.796. The van der Waals surface area contributed by atoms with Gasteiger partial charge in [0.2, 0.25) is 5.91 Å². The van der Waals surface area contributed by atoms with Crippen LogP contribution >= 0.6 is 11.6 Å². The minimum Gasteiger partial charge on any atom is -0.368 e. The Morgan fingerprint density at radius 3 is 2.70 bits per heavy atom. The summed E-state index contributed by atoms with van der Waals surface area (Å²) < 4.78 is 8.13. The van der Waals surface area contributed by atoms with Crippen molar-refractivity contribution in [3.8, 4) is 0 Å². The van der Waals surface area contributed by atoms with Gasteiger partial charge in [-0.1, -0.05) is 30.9 Å². The third-order valence-electron chi connectivity index (χ3n) is 5.05. The van der Waals surface area contributed by atoms with E-state index in [0.29, 0.717) is 10.9 Å². The fourth-order valence-corrected chi connectivity index (χ4v) is 4.34. The highest BCUT2D eigenvalue weighted by molar-refractivity contribution is 6.31. The van der Waals surface area contributed by atoms with Crippen LogP contribution in [0.25, 0.3) is 0 Å². The number of amides is 1. The molecular formula is C17H26ClN3O2. The Morgan fingerprint density at radius 2 is 2.09 bits per heavy atom. The summed E-state index contributed by atoms with van der Waals surface area (Å²) in [5, 5.41) is 8.20. The second-order valence-electron chi connectivity index (χ2n) is 6.97. The van der Waals surface area contributed by atoms with Crippen LogP contribution in [-0.2, 0) is 16.6 Å². The van der Waals surface area contributed by atoms with Crippen molar-refractivity contribution in [1.29, 1.82) is 0 Å². The van der Waals surface area contributed by atoms with E-state index in [-0.39, 0.29) is 24.2 Å². The van der Waals surface area contributed by atoms with Gasteiger partial charge in [-0.3, -0.25) is 9.48 Å². The highest BCUT2D eigenvalue weighted by Gasteiger charge is 2.37. The summed E-state index contributed by atoms with van der Waals surface area (Å²) in [6.45, 7) is 1.58. The van der Waals surface area contributed by atoms with E-state index in [1.807, 2.05) is 7.05 Å². The number of nitrogens with one attached hydrogen (secondary N) is 1. The van der Waals surface area contributed by atoms with E-state index in [1.54, 1.807) is 17.8 Å². The lowest BCUT2D eigenvalue weighted by Gasteiger charge is -2.40. The van der Waals surface area contributed by atoms with Crippen LogP contribution in [0.3, 0.4) is 0 Å². The molecule has 6 heteroatoms. The molecule has 0 bridgehead atoms. The number of nitrogens with zero attached hydrogens (tertiary/aromatic N) is 2. The molecule has 128 valence electrons. The zero-order valence-electron chi connectivity index (χ0n) is 13.9. The maximum absolute atomic E-state index is 11.5. The number of aromatic nitrogens is 2. The van der Waals surface area contributed by atoms with E-state index in [1.165, 1.54) is 32.1 Å². The predicted molar refractivity (Wildman–Crippen MR) is 89.2 cm³/mol. The van der Waals surface area contributed by atoms with Crippen LogP contribution in [0.1, 0.15) is 63.7 Å². The maximum atomic E-state index is 11.5. The molecule has 1 aromatic heterocycles. The Hall–Kier alpha value is -1.07. The van der Waals surface area contributed by atoms with E-state index in [4.69, 9.17) is 16.3 Å². The molecule has 23 heavy (non-hydrogen) atoms. The summed E-state index contributed by atoms with van der Waals surface area (Å²) in [5.74, 6) is 0.607. The minimum absolute atomic E-state index is 0.0187. The van der Waals surface area contributed by atoms with E-state index in [2.05, 4.69) is 10.4 Å². The molecule has 1 saturated carbocycles. The first-order chi connectivity index (χ1) is 11.0. The average molecular weight is 340 g/mol. The van der Waals surface area contributed by atoms with Gasteiger partial charge in [0.25, 0.3) is 0 Å². The van der Waals surface area contributed by atoms with E-state index in [0.717, 1.165) is 18.5 Å². The van der Waals surface area contributed by atoms with Crippen LogP contribution in [0.4, 0.5) is 0 Å². The van der Waals surface area contributed by atoms with Gasteiger partial charge in [0.1, 0.15) is 11.8 Å². The molecule has 0 unspecified atom stereocenters. The van der Waals surface area contributed by atoms with Gasteiger partial charge in [0.05, 0.1) is 11.1 Å². The standard InChI is InChI=1S/C17H26ClN3O2/c1-11(22)19-13-8-15(12-6-4-3-5-7-12)23-16(9-13)17-14(18)10-21(2)20-17/h10,12-13,15-16H,3-9H2,1-2H3,(H,19,22)/t13-,15-,16+/m0/s1. The highest BCUT2D eigenvalue weighted by Crippen LogP contribution is 2.39. The second-order valence-corrected chi connectivity index (χ2v) is 7.37. The second kappa shape index (κ2) is 7.22. The summed E-state index contributed by atoms with van der Waals surface area (Å²) in [6, 6.07) is 0.135. The van der Waals surface area contributed by atoms with Crippen molar-refractivity contribution >= 4 is 17.5 Å². The van der Waals surface area contributed by atoms with Gasteiger partial charge in [0.15, 0.2) is 0 Å². The van der Waals surface area contributed by atoms with E-state index < -0.39 is 0 Å². The quantitative estimate of drug-likeness (QED) is 0.918. The highest BCUT2D eigenvalue weighted by atomic mass is 35.5. The number of halogens is 1. The monoisotopic (exact) mass is 339 g/mol. The number of ether oxygens (including phenoxy) is 1. The first-order valence-electron chi connectivity index (χ1n) is 8.64. The Labute approximate surface area is 142 Å². The first-order valence-corrected chi connectivity index (χ1v) is 9.02. The van der Waals surface area contributed by atoms with Gasteiger partial charge in [-0.2, -0.15) is 5.10 Å². The third kappa shape index (κ3) is 4.07. The average Bonchev–Trinajstić information content (AvgIpc) is 2.86. The van der Waals surface area contributed by atoms with Crippen molar-refractivity contribution in [3.63, 3.8) is 0 Å². The zero-order chi connectivity index (χ0) is 16.4. The largest absolute Gasteiger partial charge is 0.368 e. The van der Waals surface area contributed by atoms with E-state index >= 15 is 0 Å². The van der Waals surface area contributed by atoms with Crippen molar-refractivity contribution in [2.45, 2.75) is 70.1 Å². The molecule has 1 aliphatic carbocycles. The first kappa shape index (κ1) is 16.8. The Kier molecular flexibility index (Phi) is 5.27. The third-order valence-corrected chi connectivity index (χ3v) is 5.34. The molecule has 2 heterocycles. The van der Waals surface area contributed by atoms with Crippen LogP contribution in [0, 0.1) is 5.92 Å². The molecule has 0 spiro atoms. The Balaban J connectivity index is 1.78. The summed E-state index contributed by atoms with van der Waals surface area (Å²) in [6.07, 6.45) is 9.82. The molecule has 0 aromatic carbocycles. The van der Waals surface area contributed by atoms with Crippen LogP contribution in [0.5, 0.6) is 0 Å². The molecule has 2 fully saturated rings. The molecule has 1 amide bonds. The predicted octanol–water partition coefficient (Wildman–Crippen LogP) is 3.38. The van der Waals surface area contributed by atoms with Crippen molar-refractivity contribution < 1.29 is 9.53 Å². The van der Waals surface area contributed by atoms with Crippen molar-refractivity contribution in [1.82, 2.24) is 15.1 Å². The number of rotatable bonds is 3. The molecule has 1 aromatic rings. The fraction of sp³-hybridized carbons (Fsp3) is 0.765. The van der Waals surface area contributed by atoms with Gasteiger partial charge in [-0.15, -0.1) is 0 Å². The van der Waals surface area contributed by atoms with Gasteiger partial charge < -0.3 is 10.1 Å². The Morgan fingerprint density at radius 1 is 1.35 bits per heavy atom. The number of carbonyl (C=O) groups is 1. The molecule has 1 saturated heterocycles. The molecule has 5 nitrogen and oxygen atoms in total. The van der Waals surface area contributed by atoms with Crippen molar-refractivity contribution in [2.24, 2.45) is 13.0 Å². The lowest BCUT2D eigenvalue weighted by atomic mass is 9.81. The van der Waals surface area contributed by atoms with Gasteiger partial charge in [-0.25, -0.2) is 0 Å². The van der Waals surface area contributed by atoms with Crippen molar-refractivity contribution in [2.75, 3.05) is 0 Å². The number of hydrogen-bond donors (Lipinski definition) is 1. The number of hydrogen-bond acceptors (Lipinski definition) is 3. The minimum atomic E-state index is -0.138. The molecule has 2 aliphatic rings. The molecule has 1 N–H and O–H groups in total. The molecular weight excluding hydrogens is 314 g/mol. The maximum Gasteiger partial charge on any atom is 0.217 e. The zero-order valence-corrected chi connectivity index (χ0v) is 14.7.